The van der Waals surface area contributed by atoms with Gasteiger partial charge in [-0.05, 0) is 48.7 Å². The molecule has 8 heteroatoms. The van der Waals surface area contributed by atoms with Crippen molar-refractivity contribution in [1.82, 2.24) is 4.31 Å². The number of ether oxygens (including phenoxy) is 1. The lowest BCUT2D eigenvalue weighted by Crippen LogP contribution is -2.35. The van der Waals surface area contributed by atoms with Gasteiger partial charge in [-0.3, -0.25) is 0 Å². The zero-order valence-corrected chi connectivity index (χ0v) is 16.1. The number of rotatable bonds is 5. The number of halogens is 2. The Morgan fingerprint density at radius 2 is 1.85 bits per heavy atom. The van der Waals surface area contributed by atoms with Crippen LogP contribution in [0.4, 0.5) is 4.39 Å². The fourth-order valence-electron chi connectivity index (χ4n) is 2.93. The van der Waals surface area contributed by atoms with E-state index in [1.807, 2.05) is 0 Å². The minimum absolute atomic E-state index is 0.0576. The van der Waals surface area contributed by atoms with Crippen LogP contribution in [0.15, 0.2) is 47.4 Å². The molecule has 0 unspecified atom stereocenters. The number of sulfonamides is 1. The van der Waals surface area contributed by atoms with E-state index < -0.39 is 21.8 Å². The van der Waals surface area contributed by atoms with Gasteiger partial charge >= 0.3 is 5.97 Å². The molecule has 1 fully saturated rings. The van der Waals surface area contributed by atoms with Crippen LogP contribution < -0.4 is 0 Å². The van der Waals surface area contributed by atoms with Crippen LogP contribution in [0.5, 0.6) is 0 Å². The fourth-order valence-corrected chi connectivity index (χ4v) is 4.95. The second-order valence-electron chi connectivity index (χ2n) is 6.32. The van der Waals surface area contributed by atoms with Gasteiger partial charge in [0.15, 0.2) is 0 Å². The first kappa shape index (κ1) is 19.8. The zero-order valence-electron chi connectivity index (χ0n) is 14.5. The van der Waals surface area contributed by atoms with Crippen LogP contribution in [0, 0.1) is 5.82 Å². The van der Waals surface area contributed by atoms with Crippen molar-refractivity contribution in [2.24, 2.45) is 0 Å². The Morgan fingerprint density at radius 1 is 1.11 bits per heavy atom. The number of esters is 1. The number of piperidine rings is 1. The molecule has 2 aromatic rings. The molecule has 144 valence electrons. The van der Waals surface area contributed by atoms with E-state index in [2.05, 4.69) is 0 Å². The number of hydrogen-bond acceptors (Lipinski definition) is 4. The first-order valence-corrected chi connectivity index (χ1v) is 10.4. The van der Waals surface area contributed by atoms with Crippen molar-refractivity contribution in [2.75, 3.05) is 13.1 Å². The highest BCUT2D eigenvalue weighted by Gasteiger charge is 2.29. The van der Waals surface area contributed by atoms with Crippen molar-refractivity contribution in [1.29, 1.82) is 0 Å². The minimum atomic E-state index is -3.78. The van der Waals surface area contributed by atoms with Crippen molar-refractivity contribution in [3.05, 3.63) is 64.4 Å². The van der Waals surface area contributed by atoms with Crippen molar-refractivity contribution in [3.8, 4) is 0 Å². The van der Waals surface area contributed by atoms with E-state index in [9.17, 15) is 17.6 Å². The van der Waals surface area contributed by atoms with Gasteiger partial charge in [0.05, 0.1) is 10.6 Å². The molecule has 0 bridgehead atoms. The molecule has 0 N–H and O–H groups in total. The van der Waals surface area contributed by atoms with Gasteiger partial charge in [-0.15, -0.1) is 0 Å². The highest BCUT2D eigenvalue weighted by molar-refractivity contribution is 7.89. The standard InChI is InChI=1S/C19H19ClFNO4S/c20-17-8-7-15(19(23)26-13-14-5-4-6-16(21)11-14)12-18(17)27(24,25)22-9-2-1-3-10-22/h4-8,11-12H,1-3,9-10,13H2. The third-order valence-electron chi connectivity index (χ3n) is 4.36. The van der Waals surface area contributed by atoms with E-state index in [1.54, 1.807) is 6.07 Å². The van der Waals surface area contributed by atoms with Crippen LogP contribution in [0.1, 0.15) is 35.2 Å². The molecule has 0 spiro atoms. The summed E-state index contributed by atoms with van der Waals surface area (Å²) in [5.74, 6) is -1.13. The van der Waals surface area contributed by atoms with Gasteiger partial charge in [-0.2, -0.15) is 4.31 Å². The number of nitrogens with zero attached hydrogens (tertiary/aromatic N) is 1. The lowest BCUT2D eigenvalue weighted by Gasteiger charge is -2.26. The van der Waals surface area contributed by atoms with Crippen LogP contribution in [0.25, 0.3) is 0 Å². The third-order valence-corrected chi connectivity index (χ3v) is 6.74. The maximum atomic E-state index is 13.2. The van der Waals surface area contributed by atoms with Gasteiger partial charge in [-0.25, -0.2) is 17.6 Å². The fraction of sp³-hybridized carbons (Fsp3) is 0.316. The van der Waals surface area contributed by atoms with E-state index in [1.165, 1.54) is 40.7 Å². The molecule has 1 saturated heterocycles. The molecule has 1 aliphatic rings. The summed E-state index contributed by atoms with van der Waals surface area (Å²) in [6, 6.07) is 9.72. The number of carbonyl (C=O) groups is 1. The molecule has 5 nitrogen and oxygen atoms in total. The van der Waals surface area contributed by atoms with Gasteiger partial charge in [0.2, 0.25) is 10.0 Å². The van der Waals surface area contributed by atoms with Crippen LogP contribution >= 0.6 is 11.6 Å². The highest BCUT2D eigenvalue weighted by Crippen LogP contribution is 2.28. The van der Waals surface area contributed by atoms with Crippen molar-refractivity contribution < 1.29 is 22.3 Å². The average Bonchev–Trinajstić information content (AvgIpc) is 2.67. The van der Waals surface area contributed by atoms with Crippen LogP contribution in [-0.2, 0) is 21.4 Å². The topological polar surface area (TPSA) is 63.7 Å². The summed E-state index contributed by atoms with van der Waals surface area (Å²) in [6.07, 6.45) is 2.59. The largest absolute Gasteiger partial charge is 0.457 e. The maximum Gasteiger partial charge on any atom is 0.338 e. The predicted octanol–water partition coefficient (Wildman–Crippen LogP) is 4.01. The summed E-state index contributed by atoms with van der Waals surface area (Å²) in [4.78, 5) is 12.2. The monoisotopic (exact) mass is 411 g/mol. The van der Waals surface area contributed by atoms with Crippen molar-refractivity contribution in [2.45, 2.75) is 30.8 Å². The summed E-state index contributed by atoms with van der Waals surface area (Å²) in [7, 11) is -3.78. The molecular weight excluding hydrogens is 393 g/mol. The predicted molar refractivity (Wildman–Crippen MR) is 99.6 cm³/mol. The summed E-state index contributed by atoms with van der Waals surface area (Å²) in [6.45, 7) is 0.757. The first-order chi connectivity index (χ1) is 12.9. The van der Waals surface area contributed by atoms with Crippen molar-refractivity contribution >= 4 is 27.6 Å². The Kier molecular flexibility index (Phi) is 6.14. The van der Waals surface area contributed by atoms with Crippen LogP contribution in [-0.4, -0.2) is 31.8 Å². The zero-order chi connectivity index (χ0) is 19.4. The molecular formula is C19H19ClFNO4S. The van der Waals surface area contributed by atoms with E-state index in [4.69, 9.17) is 16.3 Å². The van der Waals surface area contributed by atoms with Gasteiger partial charge in [0.25, 0.3) is 0 Å². The average molecular weight is 412 g/mol. The molecule has 0 saturated carbocycles. The van der Waals surface area contributed by atoms with E-state index in [0.717, 1.165) is 19.3 Å². The molecule has 2 aromatic carbocycles. The SMILES string of the molecule is O=C(OCc1cccc(F)c1)c1ccc(Cl)c(S(=O)(=O)N2CCCCC2)c1. The van der Waals surface area contributed by atoms with Crippen LogP contribution in [0.3, 0.4) is 0 Å². The smallest absolute Gasteiger partial charge is 0.338 e. The highest BCUT2D eigenvalue weighted by atomic mass is 35.5. The first-order valence-electron chi connectivity index (χ1n) is 8.59. The molecule has 3 rings (SSSR count). The Morgan fingerprint density at radius 3 is 2.56 bits per heavy atom. The summed E-state index contributed by atoms with van der Waals surface area (Å²) < 4.78 is 45.4. The summed E-state index contributed by atoms with van der Waals surface area (Å²) >= 11 is 6.10. The number of carbonyl (C=O) groups excluding carboxylic acids is 1. The second kappa shape index (κ2) is 8.37. The van der Waals surface area contributed by atoms with Gasteiger partial charge in [0.1, 0.15) is 17.3 Å². The molecule has 0 aromatic heterocycles. The Labute approximate surface area is 162 Å². The summed E-state index contributed by atoms with van der Waals surface area (Å²) in [5.41, 5.74) is 0.574. The van der Waals surface area contributed by atoms with Gasteiger partial charge in [-0.1, -0.05) is 30.2 Å². The quantitative estimate of drug-likeness (QED) is 0.697. The van der Waals surface area contributed by atoms with E-state index in [-0.39, 0.29) is 22.1 Å². The molecule has 0 radical (unpaired) electrons. The minimum Gasteiger partial charge on any atom is -0.457 e. The van der Waals surface area contributed by atoms with Gasteiger partial charge < -0.3 is 4.74 Å². The molecule has 27 heavy (non-hydrogen) atoms. The molecule has 0 amide bonds. The Hall–Kier alpha value is -1.96. The Bertz CT molecular complexity index is 942. The molecule has 1 aliphatic heterocycles. The molecule has 0 aliphatic carbocycles. The molecule has 0 atom stereocenters. The maximum absolute atomic E-state index is 13.2. The molecule has 1 heterocycles. The number of benzene rings is 2. The van der Waals surface area contributed by atoms with Crippen molar-refractivity contribution in [3.63, 3.8) is 0 Å². The second-order valence-corrected chi connectivity index (χ2v) is 8.63. The Balaban J connectivity index is 1.79. The summed E-state index contributed by atoms with van der Waals surface area (Å²) in [5, 5.41) is 0.0576. The normalized spacial score (nSPS) is 15.5. The third kappa shape index (κ3) is 4.66. The van der Waals surface area contributed by atoms with E-state index >= 15 is 0 Å². The van der Waals surface area contributed by atoms with Gasteiger partial charge in [0, 0.05) is 13.1 Å². The van der Waals surface area contributed by atoms with E-state index in [0.29, 0.717) is 18.7 Å². The lowest BCUT2D eigenvalue weighted by molar-refractivity contribution is 0.0472. The lowest BCUT2D eigenvalue weighted by atomic mass is 10.2. The number of hydrogen-bond donors (Lipinski definition) is 0. The van der Waals surface area contributed by atoms with Crippen LogP contribution in [0.2, 0.25) is 5.02 Å².